The number of para-hydroxylation sites is 2. The van der Waals surface area contributed by atoms with E-state index in [1.165, 1.54) is 12.1 Å². The summed E-state index contributed by atoms with van der Waals surface area (Å²) in [5.74, 6) is -9.01. The molecule has 3 nitrogen and oxygen atoms in total. The molecular weight excluding hydrogens is 442 g/mol. The van der Waals surface area contributed by atoms with Crippen LogP contribution in [0.15, 0.2) is 84.9 Å². The maximum atomic E-state index is 14.1. The van der Waals surface area contributed by atoms with E-state index in [4.69, 9.17) is 14.0 Å². The van der Waals surface area contributed by atoms with Gasteiger partial charge in [0, 0.05) is 0 Å². The van der Waals surface area contributed by atoms with Gasteiger partial charge in [0.2, 0.25) is 5.82 Å². The van der Waals surface area contributed by atoms with Crippen LogP contribution in [0, 0.1) is 29.1 Å². The molecule has 0 aromatic heterocycles. The van der Waals surface area contributed by atoms with E-state index in [1.54, 1.807) is 60.7 Å². The topological polar surface area (TPSA) is 27.7 Å². The van der Waals surface area contributed by atoms with Crippen LogP contribution < -0.4 is 14.0 Å². The zero-order valence-corrected chi connectivity index (χ0v) is 16.8. The third-order valence-corrected chi connectivity index (χ3v) is 4.54. The summed E-state index contributed by atoms with van der Waals surface area (Å²) in [6.45, 7) is 0. The second kappa shape index (κ2) is 9.64. The van der Waals surface area contributed by atoms with Crippen LogP contribution >= 0.6 is 0 Å². The van der Waals surface area contributed by atoms with Gasteiger partial charge in [-0.25, -0.2) is 22.0 Å². The molecule has 0 saturated carbocycles. The van der Waals surface area contributed by atoms with Crippen LogP contribution in [0.5, 0.6) is 17.2 Å². The van der Waals surface area contributed by atoms with Crippen molar-refractivity contribution in [3.8, 4) is 28.4 Å². The summed E-state index contributed by atoms with van der Waals surface area (Å²) >= 11 is 0. The fraction of sp³-hybridized carbons (Fsp3) is 0. The molecule has 4 rings (SSSR count). The first-order valence-corrected chi connectivity index (χ1v) is 9.66. The molecule has 0 N–H and O–H groups in total. The van der Waals surface area contributed by atoms with Crippen LogP contribution in [0.2, 0.25) is 0 Å². The van der Waals surface area contributed by atoms with Crippen LogP contribution in [0.25, 0.3) is 11.1 Å². The highest BCUT2D eigenvalue weighted by Gasteiger charge is 2.31. The largest absolute Gasteiger partial charge is 0.864 e. The highest BCUT2D eigenvalue weighted by Crippen LogP contribution is 2.32. The minimum absolute atomic E-state index is 0.166. The predicted molar refractivity (Wildman–Crippen MR) is 112 cm³/mol. The Bertz CT molecular complexity index is 1170. The van der Waals surface area contributed by atoms with Gasteiger partial charge in [-0.15, -0.1) is 0 Å². The number of hydrogen-bond donors (Lipinski definition) is 0. The van der Waals surface area contributed by atoms with Crippen molar-refractivity contribution in [2.45, 2.75) is 0 Å². The van der Waals surface area contributed by atoms with Crippen LogP contribution in [-0.2, 0) is 0 Å². The Morgan fingerprint density at radius 1 is 0.424 bits per heavy atom. The summed E-state index contributed by atoms with van der Waals surface area (Å²) in [6.07, 6.45) is 0. The van der Waals surface area contributed by atoms with E-state index >= 15 is 0 Å². The van der Waals surface area contributed by atoms with Crippen molar-refractivity contribution in [2.75, 3.05) is 0 Å². The van der Waals surface area contributed by atoms with Gasteiger partial charge < -0.3 is 14.0 Å². The van der Waals surface area contributed by atoms with E-state index in [1.807, 2.05) is 0 Å². The number of halogens is 5. The Morgan fingerprint density at radius 2 is 0.788 bits per heavy atom. The van der Waals surface area contributed by atoms with Crippen molar-refractivity contribution < 1.29 is 35.9 Å². The van der Waals surface area contributed by atoms with E-state index in [9.17, 15) is 22.0 Å². The molecule has 0 saturated heterocycles. The molecular formula is C24H14BF5O3. The van der Waals surface area contributed by atoms with Gasteiger partial charge in [-0.2, -0.15) is 0 Å². The monoisotopic (exact) mass is 456 g/mol. The van der Waals surface area contributed by atoms with Gasteiger partial charge in [-0.3, -0.25) is 0 Å². The summed E-state index contributed by atoms with van der Waals surface area (Å²) in [7, 11) is -1.24. The van der Waals surface area contributed by atoms with Crippen LogP contribution in [0.4, 0.5) is 22.0 Å². The Balaban J connectivity index is 1.59. The Kier molecular flexibility index (Phi) is 6.49. The summed E-state index contributed by atoms with van der Waals surface area (Å²) in [5, 5.41) is 0. The molecule has 166 valence electrons. The van der Waals surface area contributed by atoms with Crippen molar-refractivity contribution in [2.24, 2.45) is 0 Å². The summed E-state index contributed by atoms with van der Waals surface area (Å²) in [5.41, 5.74) is -1.25. The summed E-state index contributed by atoms with van der Waals surface area (Å²) in [6, 6.07) is 22.3. The van der Waals surface area contributed by atoms with Gasteiger partial charge in [-0.05, 0) is 42.0 Å². The van der Waals surface area contributed by atoms with Gasteiger partial charge in [0.1, 0.15) is 17.2 Å². The molecule has 4 aromatic rings. The summed E-state index contributed by atoms with van der Waals surface area (Å²) in [4.78, 5) is 0. The predicted octanol–water partition coefficient (Wildman–Crippen LogP) is 6.57. The molecule has 0 amide bonds. The Morgan fingerprint density at radius 3 is 1.21 bits per heavy atom. The second-order valence-electron chi connectivity index (χ2n) is 6.74. The van der Waals surface area contributed by atoms with Crippen molar-refractivity contribution in [1.29, 1.82) is 0 Å². The van der Waals surface area contributed by atoms with Gasteiger partial charge in [0.05, 0.1) is 5.56 Å². The molecule has 9 heteroatoms. The SMILES string of the molecule is Fc1c(F)c(F)c(-c2ccc(OB(Oc3ccccc3)Oc3ccccc3)cc2)c(F)c1F. The van der Waals surface area contributed by atoms with Crippen LogP contribution in [-0.4, -0.2) is 7.32 Å². The minimum Gasteiger partial charge on any atom is -0.490 e. The molecule has 4 aromatic carbocycles. The fourth-order valence-electron chi connectivity index (χ4n) is 2.96. The molecule has 0 bridgehead atoms. The first kappa shape index (κ1) is 22.2. The molecule has 0 aliphatic heterocycles. The molecule has 0 aliphatic rings. The van der Waals surface area contributed by atoms with E-state index in [0.29, 0.717) is 11.5 Å². The quantitative estimate of drug-likeness (QED) is 0.136. The lowest BCUT2D eigenvalue weighted by atomic mass is 10.0. The van der Waals surface area contributed by atoms with Crippen molar-refractivity contribution in [3.63, 3.8) is 0 Å². The Labute approximate surface area is 186 Å². The third-order valence-electron chi connectivity index (χ3n) is 4.54. The molecule has 0 atom stereocenters. The first-order chi connectivity index (χ1) is 15.9. The van der Waals surface area contributed by atoms with E-state index < -0.39 is 42.0 Å². The zero-order chi connectivity index (χ0) is 23.4. The number of rotatable bonds is 7. The highest BCUT2D eigenvalue weighted by atomic mass is 19.2. The standard InChI is InChI=1S/C24H14BF5O3/c26-20-19(21(27)23(29)24(30)22(20)28)15-11-13-18(14-12-15)33-25(31-16-7-3-1-4-8-16)32-17-9-5-2-6-10-17/h1-14H. The smallest absolute Gasteiger partial charge is 0.490 e. The van der Waals surface area contributed by atoms with Gasteiger partial charge in [0.15, 0.2) is 23.3 Å². The van der Waals surface area contributed by atoms with E-state index in [2.05, 4.69) is 0 Å². The highest BCUT2D eigenvalue weighted by molar-refractivity contribution is 6.39. The molecule has 0 spiro atoms. The lowest BCUT2D eigenvalue weighted by Gasteiger charge is -2.17. The summed E-state index contributed by atoms with van der Waals surface area (Å²) < 4.78 is 85.7. The first-order valence-electron chi connectivity index (χ1n) is 9.66. The van der Waals surface area contributed by atoms with E-state index in [-0.39, 0.29) is 11.3 Å². The van der Waals surface area contributed by atoms with Crippen molar-refractivity contribution in [1.82, 2.24) is 0 Å². The second-order valence-corrected chi connectivity index (χ2v) is 6.74. The lowest BCUT2D eigenvalue weighted by Crippen LogP contribution is -2.36. The lowest BCUT2D eigenvalue weighted by molar-refractivity contribution is 0.307. The minimum atomic E-state index is -2.22. The normalized spacial score (nSPS) is 10.6. The molecule has 0 fully saturated rings. The van der Waals surface area contributed by atoms with E-state index in [0.717, 1.165) is 12.1 Å². The molecule has 0 radical (unpaired) electrons. The average Bonchev–Trinajstić information content (AvgIpc) is 2.84. The third kappa shape index (κ3) is 4.92. The molecule has 33 heavy (non-hydrogen) atoms. The number of hydrogen-bond acceptors (Lipinski definition) is 3. The molecule has 0 unspecified atom stereocenters. The van der Waals surface area contributed by atoms with Gasteiger partial charge in [-0.1, -0.05) is 48.5 Å². The maximum Gasteiger partial charge on any atom is 0.864 e. The Hall–Kier alpha value is -4.01. The molecule has 0 heterocycles. The van der Waals surface area contributed by atoms with Gasteiger partial charge in [0.25, 0.3) is 0 Å². The van der Waals surface area contributed by atoms with Crippen molar-refractivity contribution in [3.05, 3.63) is 114 Å². The van der Waals surface area contributed by atoms with Crippen molar-refractivity contribution >= 4 is 7.32 Å². The van der Waals surface area contributed by atoms with Crippen LogP contribution in [0.3, 0.4) is 0 Å². The fourth-order valence-corrected chi connectivity index (χ4v) is 2.96. The maximum absolute atomic E-state index is 14.1. The van der Waals surface area contributed by atoms with Crippen LogP contribution in [0.1, 0.15) is 0 Å². The molecule has 0 aliphatic carbocycles. The zero-order valence-electron chi connectivity index (χ0n) is 16.8. The van der Waals surface area contributed by atoms with Gasteiger partial charge >= 0.3 is 7.32 Å². The average molecular weight is 456 g/mol. The number of benzene rings is 4.